The summed E-state index contributed by atoms with van der Waals surface area (Å²) in [4.78, 5) is 12.5. The number of hydrogen-bond acceptors (Lipinski definition) is 2. The van der Waals surface area contributed by atoms with Crippen molar-refractivity contribution in [1.29, 1.82) is 0 Å². The predicted molar refractivity (Wildman–Crippen MR) is 73.0 cm³/mol. The van der Waals surface area contributed by atoms with E-state index in [1.54, 1.807) is 6.07 Å². The molecule has 2 aromatic carbocycles. The smallest absolute Gasteiger partial charge is 0.257 e. The lowest BCUT2D eigenvalue weighted by atomic mass is 10.2. The van der Waals surface area contributed by atoms with Gasteiger partial charge in [0.2, 0.25) is 0 Å². The molecule has 0 aliphatic carbocycles. The molecule has 0 aliphatic rings. The normalized spacial score (nSPS) is 10.3. The van der Waals surface area contributed by atoms with Crippen LogP contribution in [-0.2, 0) is 0 Å². The van der Waals surface area contributed by atoms with Crippen LogP contribution in [0.2, 0.25) is 5.02 Å². The third-order valence-corrected chi connectivity index (χ3v) is 2.98. The van der Waals surface area contributed by atoms with E-state index in [0.29, 0.717) is 4.90 Å². The van der Waals surface area contributed by atoms with Crippen molar-refractivity contribution in [2.75, 3.05) is 5.32 Å². The van der Waals surface area contributed by atoms with Crippen molar-refractivity contribution in [2.45, 2.75) is 4.90 Å². The van der Waals surface area contributed by atoms with Gasteiger partial charge in [0.15, 0.2) is 11.6 Å². The van der Waals surface area contributed by atoms with Gasteiger partial charge in [0.05, 0.1) is 10.6 Å². The van der Waals surface area contributed by atoms with Gasteiger partial charge >= 0.3 is 0 Å². The van der Waals surface area contributed by atoms with Crippen LogP contribution in [0.15, 0.2) is 41.3 Å². The molecule has 1 amide bonds. The van der Waals surface area contributed by atoms with Crippen LogP contribution in [0.1, 0.15) is 10.4 Å². The monoisotopic (exact) mass is 299 g/mol. The number of benzene rings is 2. The van der Waals surface area contributed by atoms with E-state index >= 15 is 0 Å². The fourth-order valence-electron chi connectivity index (χ4n) is 1.46. The fraction of sp³-hybridized carbons (Fsp3) is 0. The molecule has 0 bridgehead atoms. The Hall–Kier alpha value is -1.59. The topological polar surface area (TPSA) is 29.1 Å². The van der Waals surface area contributed by atoms with Crippen molar-refractivity contribution in [3.63, 3.8) is 0 Å². The molecule has 19 heavy (non-hydrogen) atoms. The Balaban J connectivity index is 2.25. The zero-order chi connectivity index (χ0) is 14.0. The molecule has 0 fully saturated rings. The van der Waals surface area contributed by atoms with Crippen molar-refractivity contribution in [2.24, 2.45) is 0 Å². The largest absolute Gasteiger partial charge is 0.322 e. The number of amides is 1. The van der Waals surface area contributed by atoms with Crippen molar-refractivity contribution in [1.82, 2.24) is 0 Å². The summed E-state index contributed by atoms with van der Waals surface area (Å²) >= 11 is 9.99. The number of rotatable bonds is 2. The zero-order valence-electron chi connectivity index (χ0n) is 9.45. The van der Waals surface area contributed by atoms with Gasteiger partial charge in [-0.15, -0.1) is 12.6 Å². The van der Waals surface area contributed by atoms with Crippen molar-refractivity contribution >= 4 is 35.8 Å². The number of carbonyl (C=O) groups is 1. The highest BCUT2D eigenvalue weighted by Crippen LogP contribution is 2.21. The Morgan fingerprint density at radius 1 is 1.11 bits per heavy atom. The van der Waals surface area contributed by atoms with Gasteiger partial charge in [0.25, 0.3) is 5.91 Å². The Kier molecular flexibility index (Phi) is 4.07. The van der Waals surface area contributed by atoms with Gasteiger partial charge in [-0.2, -0.15) is 0 Å². The molecule has 0 aliphatic heterocycles. The molecule has 2 aromatic rings. The molecule has 1 N–H and O–H groups in total. The van der Waals surface area contributed by atoms with Gasteiger partial charge in [-0.3, -0.25) is 4.79 Å². The first-order valence-electron chi connectivity index (χ1n) is 5.22. The lowest BCUT2D eigenvalue weighted by Crippen LogP contribution is -2.12. The molecule has 6 heteroatoms. The first kappa shape index (κ1) is 13.8. The van der Waals surface area contributed by atoms with Crippen LogP contribution in [0, 0.1) is 11.6 Å². The van der Waals surface area contributed by atoms with Crippen LogP contribution in [0.4, 0.5) is 14.5 Å². The Morgan fingerprint density at radius 3 is 2.53 bits per heavy atom. The lowest BCUT2D eigenvalue weighted by Gasteiger charge is -2.07. The lowest BCUT2D eigenvalue weighted by molar-refractivity contribution is 0.102. The predicted octanol–water partition coefficient (Wildman–Crippen LogP) is 4.16. The summed E-state index contributed by atoms with van der Waals surface area (Å²) in [6, 6.07) is 7.74. The van der Waals surface area contributed by atoms with E-state index in [1.165, 1.54) is 18.2 Å². The van der Waals surface area contributed by atoms with Crippen LogP contribution < -0.4 is 5.32 Å². The second-order valence-electron chi connectivity index (χ2n) is 3.75. The van der Waals surface area contributed by atoms with Crippen molar-refractivity contribution in [3.05, 3.63) is 58.6 Å². The van der Waals surface area contributed by atoms with E-state index in [1.807, 2.05) is 0 Å². The highest BCUT2D eigenvalue weighted by Gasteiger charge is 2.12. The summed E-state index contributed by atoms with van der Waals surface area (Å²) in [5, 5.41) is 2.68. The van der Waals surface area contributed by atoms with Crippen LogP contribution in [0.25, 0.3) is 0 Å². The fourth-order valence-corrected chi connectivity index (χ4v) is 1.87. The molecule has 0 unspecified atom stereocenters. The van der Waals surface area contributed by atoms with Crippen LogP contribution in [0.3, 0.4) is 0 Å². The molecule has 2 nitrogen and oxygen atoms in total. The number of halogens is 3. The third kappa shape index (κ3) is 3.24. The van der Waals surface area contributed by atoms with Gasteiger partial charge in [-0.1, -0.05) is 11.6 Å². The van der Waals surface area contributed by atoms with Gasteiger partial charge < -0.3 is 5.32 Å². The summed E-state index contributed by atoms with van der Waals surface area (Å²) < 4.78 is 25.8. The van der Waals surface area contributed by atoms with Gasteiger partial charge in [-0.25, -0.2) is 8.78 Å². The minimum atomic E-state index is -1.04. The first-order chi connectivity index (χ1) is 8.97. The molecule has 0 heterocycles. The van der Waals surface area contributed by atoms with Crippen molar-refractivity contribution < 1.29 is 13.6 Å². The van der Waals surface area contributed by atoms with E-state index in [2.05, 4.69) is 17.9 Å². The molecule has 0 spiro atoms. The van der Waals surface area contributed by atoms with E-state index < -0.39 is 17.5 Å². The Bertz CT molecular complexity index is 649. The number of carbonyl (C=O) groups excluding carboxylic acids is 1. The standard InChI is InChI=1S/C13H8ClF2NOS/c14-10-3-2-8(19)6-9(10)13(18)17-7-1-4-11(15)12(16)5-7/h1-6,19H,(H,17,18). The number of thiol groups is 1. The first-order valence-corrected chi connectivity index (χ1v) is 6.05. The Morgan fingerprint density at radius 2 is 1.84 bits per heavy atom. The average molecular weight is 300 g/mol. The second-order valence-corrected chi connectivity index (χ2v) is 4.67. The SMILES string of the molecule is O=C(Nc1ccc(F)c(F)c1)c1cc(S)ccc1Cl. The molecule has 0 atom stereocenters. The van der Waals surface area contributed by atoms with Crippen LogP contribution in [-0.4, -0.2) is 5.91 Å². The Labute approximate surface area is 118 Å². The van der Waals surface area contributed by atoms with Gasteiger partial charge in [0.1, 0.15) is 0 Å². The zero-order valence-corrected chi connectivity index (χ0v) is 11.1. The molecule has 0 radical (unpaired) electrons. The molecule has 0 saturated carbocycles. The second kappa shape index (κ2) is 5.59. The number of anilines is 1. The summed E-state index contributed by atoms with van der Waals surface area (Å²) in [5.74, 6) is -2.54. The number of nitrogens with one attached hydrogen (secondary N) is 1. The summed E-state index contributed by atoms with van der Waals surface area (Å²) in [7, 11) is 0. The van der Waals surface area contributed by atoms with Crippen molar-refractivity contribution in [3.8, 4) is 0 Å². The van der Waals surface area contributed by atoms with E-state index in [4.69, 9.17) is 11.6 Å². The van der Waals surface area contributed by atoms with E-state index in [-0.39, 0.29) is 16.3 Å². The van der Waals surface area contributed by atoms with Crippen LogP contribution in [0.5, 0.6) is 0 Å². The summed E-state index contributed by atoms with van der Waals surface area (Å²) in [5.41, 5.74) is 0.350. The minimum Gasteiger partial charge on any atom is -0.322 e. The maximum atomic E-state index is 13.0. The molecule has 98 valence electrons. The highest BCUT2D eigenvalue weighted by molar-refractivity contribution is 7.80. The van der Waals surface area contributed by atoms with E-state index in [0.717, 1.165) is 12.1 Å². The maximum Gasteiger partial charge on any atom is 0.257 e. The summed E-state index contributed by atoms with van der Waals surface area (Å²) in [6.45, 7) is 0. The molecule has 0 saturated heterocycles. The molecule has 0 aromatic heterocycles. The number of hydrogen-bond donors (Lipinski definition) is 2. The molecule has 2 rings (SSSR count). The molecular weight excluding hydrogens is 292 g/mol. The average Bonchev–Trinajstić information content (AvgIpc) is 2.36. The maximum absolute atomic E-state index is 13.0. The van der Waals surface area contributed by atoms with Crippen LogP contribution >= 0.6 is 24.2 Å². The van der Waals surface area contributed by atoms with Gasteiger partial charge in [-0.05, 0) is 30.3 Å². The molecular formula is C13H8ClF2NOS. The summed E-state index contributed by atoms with van der Waals surface area (Å²) in [6.07, 6.45) is 0. The quantitative estimate of drug-likeness (QED) is 0.801. The van der Waals surface area contributed by atoms with E-state index in [9.17, 15) is 13.6 Å². The minimum absolute atomic E-state index is 0.143. The highest BCUT2D eigenvalue weighted by atomic mass is 35.5. The van der Waals surface area contributed by atoms with Gasteiger partial charge in [0, 0.05) is 16.6 Å². The third-order valence-electron chi connectivity index (χ3n) is 2.37.